The van der Waals surface area contributed by atoms with Gasteiger partial charge in [-0.2, -0.15) is 0 Å². The lowest BCUT2D eigenvalue weighted by Crippen LogP contribution is -1.83. The third-order valence-corrected chi connectivity index (χ3v) is 2.31. The van der Waals surface area contributed by atoms with Crippen molar-refractivity contribution in [2.75, 3.05) is 6.67 Å². The maximum atomic E-state index is 11.8. The molecule has 0 aromatic carbocycles. The van der Waals surface area contributed by atoms with Crippen LogP contribution in [0.1, 0.15) is 20.3 Å². The number of rotatable bonds is 3. The Morgan fingerprint density at radius 1 is 1.60 bits per heavy atom. The number of alkyl halides is 1. The van der Waals surface area contributed by atoms with Crippen molar-refractivity contribution in [2.45, 2.75) is 20.3 Å². The molecule has 10 heavy (non-hydrogen) atoms. The summed E-state index contributed by atoms with van der Waals surface area (Å²) in [5, 5.41) is 0. The molecule has 0 aliphatic heterocycles. The van der Waals surface area contributed by atoms with Crippen LogP contribution in [-0.4, -0.2) is 6.67 Å². The zero-order chi connectivity index (χ0) is 7.98. The fourth-order valence-corrected chi connectivity index (χ4v) is 1.15. The predicted octanol–water partition coefficient (Wildman–Crippen LogP) is 3.63. The average Bonchev–Trinajstić information content (AvgIpc) is 1.99. The minimum atomic E-state index is -0.356. The van der Waals surface area contributed by atoms with Gasteiger partial charge in [0.2, 0.25) is 0 Å². The summed E-state index contributed by atoms with van der Waals surface area (Å²) < 4.78 is 13.8. The maximum absolute atomic E-state index is 11.8. The molecule has 0 aromatic heterocycles. The molecule has 0 radical (unpaired) electrons. The van der Waals surface area contributed by atoms with Gasteiger partial charge < -0.3 is 0 Å². The molecule has 0 unspecified atom stereocenters. The lowest BCUT2D eigenvalue weighted by Gasteiger charge is -2.01. The Kier molecular flexibility index (Phi) is 5.97. The van der Waals surface area contributed by atoms with Crippen LogP contribution in [-0.2, 0) is 0 Å². The van der Waals surface area contributed by atoms with Crippen molar-refractivity contribution in [3.63, 3.8) is 0 Å². The third kappa shape index (κ3) is 3.34. The van der Waals surface area contributed by atoms with Crippen molar-refractivity contribution in [2.24, 2.45) is 0 Å². The second-order valence-corrected chi connectivity index (χ2v) is 2.65. The minimum absolute atomic E-state index is 0.356. The topological polar surface area (TPSA) is 0 Å². The van der Waals surface area contributed by atoms with E-state index >= 15 is 0 Å². The molecule has 58 valence electrons. The van der Waals surface area contributed by atoms with Crippen molar-refractivity contribution in [3.05, 3.63) is 21.3 Å². The molecule has 0 bridgehead atoms. The molecule has 0 heterocycles. The second kappa shape index (κ2) is 5.89. The van der Waals surface area contributed by atoms with E-state index in [9.17, 15) is 4.39 Å². The Bertz CT molecular complexity index is 147. The van der Waals surface area contributed by atoms with E-state index in [4.69, 9.17) is 0 Å². The Morgan fingerprint density at radius 2 is 2.20 bits per heavy atom. The van der Waals surface area contributed by atoms with E-state index in [-0.39, 0.29) is 6.67 Å². The van der Waals surface area contributed by atoms with Crippen LogP contribution in [0.2, 0.25) is 0 Å². The van der Waals surface area contributed by atoms with Crippen molar-refractivity contribution in [3.8, 4) is 0 Å². The molecule has 0 rings (SSSR count). The maximum Gasteiger partial charge on any atom is 0.108 e. The van der Waals surface area contributed by atoms with Crippen molar-refractivity contribution < 1.29 is 4.39 Å². The van der Waals surface area contributed by atoms with Gasteiger partial charge in [0.1, 0.15) is 6.67 Å². The molecule has 0 N–H and O–H groups in total. The highest BCUT2D eigenvalue weighted by Gasteiger charge is 1.94. The molecule has 2 heteroatoms. The molecule has 0 saturated carbocycles. The van der Waals surface area contributed by atoms with Gasteiger partial charge in [-0.05, 0) is 28.6 Å². The van der Waals surface area contributed by atoms with Crippen molar-refractivity contribution in [1.29, 1.82) is 0 Å². The molecule has 0 nitrogen and oxygen atoms in total. The van der Waals surface area contributed by atoms with E-state index in [0.29, 0.717) is 0 Å². The number of hydrogen-bond acceptors (Lipinski definition) is 0. The minimum Gasteiger partial charge on any atom is -0.247 e. The molecule has 0 atom stereocenters. The molecular formula is C8H12FI. The van der Waals surface area contributed by atoms with Crippen LogP contribution in [0, 0.1) is 0 Å². The lowest BCUT2D eigenvalue weighted by molar-refractivity contribution is 0.559. The van der Waals surface area contributed by atoms with E-state index in [1.165, 1.54) is 5.57 Å². The first-order valence-corrected chi connectivity index (χ1v) is 4.53. The molecule has 0 spiro atoms. The first-order chi connectivity index (χ1) is 4.76. The smallest absolute Gasteiger partial charge is 0.108 e. The first kappa shape index (κ1) is 10.1. The summed E-state index contributed by atoms with van der Waals surface area (Å²) >= 11 is 2.17. The van der Waals surface area contributed by atoms with Crippen LogP contribution in [0.4, 0.5) is 4.39 Å². The summed E-state index contributed by atoms with van der Waals surface area (Å²) in [6, 6.07) is 0. The van der Waals surface area contributed by atoms with Crippen LogP contribution < -0.4 is 0 Å². The van der Waals surface area contributed by atoms with Crippen molar-refractivity contribution in [1.82, 2.24) is 0 Å². The standard InChI is InChI=1S/C8H12FI/c1-3-8(4-5-9)7(2)6-10/h4,6H,3,5H2,1-2H3/b7-6-,8-4-. The number of halogens is 2. The Hall–Kier alpha value is 0.140. The zero-order valence-electron chi connectivity index (χ0n) is 6.32. The summed E-state index contributed by atoms with van der Waals surface area (Å²) in [4.78, 5) is 0. The van der Waals surface area contributed by atoms with Gasteiger partial charge in [-0.25, -0.2) is 4.39 Å². The molecule has 0 saturated heterocycles. The Labute approximate surface area is 75.3 Å². The van der Waals surface area contributed by atoms with Crippen LogP contribution in [0.15, 0.2) is 21.3 Å². The van der Waals surface area contributed by atoms with Gasteiger partial charge in [0.05, 0.1) is 0 Å². The summed E-state index contributed by atoms with van der Waals surface area (Å²) in [6.45, 7) is 3.67. The lowest BCUT2D eigenvalue weighted by atomic mass is 10.1. The summed E-state index contributed by atoms with van der Waals surface area (Å²) in [5.74, 6) is 0. The van der Waals surface area contributed by atoms with Gasteiger partial charge in [0.25, 0.3) is 0 Å². The summed E-state index contributed by atoms with van der Waals surface area (Å²) in [6.07, 6.45) is 2.54. The second-order valence-electron chi connectivity index (χ2n) is 2.03. The Balaban J connectivity index is 4.21. The summed E-state index contributed by atoms with van der Waals surface area (Å²) in [7, 11) is 0. The summed E-state index contributed by atoms with van der Waals surface area (Å²) in [5.41, 5.74) is 2.28. The fourth-order valence-electron chi connectivity index (χ4n) is 0.747. The van der Waals surface area contributed by atoms with Crippen LogP contribution in [0.3, 0.4) is 0 Å². The largest absolute Gasteiger partial charge is 0.247 e. The van der Waals surface area contributed by atoms with Crippen LogP contribution in [0.25, 0.3) is 0 Å². The molecule has 0 aliphatic rings. The average molecular weight is 254 g/mol. The SMILES string of the molecule is CCC(=C/CF)/C(C)=C\I. The van der Waals surface area contributed by atoms with Gasteiger partial charge in [0, 0.05) is 0 Å². The zero-order valence-corrected chi connectivity index (χ0v) is 8.48. The first-order valence-electron chi connectivity index (χ1n) is 3.28. The van der Waals surface area contributed by atoms with Crippen LogP contribution >= 0.6 is 22.6 Å². The van der Waals surface area contributed by atoms with E-state index in [1.54, 1.807) is 6.08 Å². The quantitative estimate of drug-likeness (QED) is 0.533. The van der Waals surface area contributed by atoms with E-state index in [0.717, 1.165) is 12.0 Å². The van der Waals surface area contributed by atoms with E-state index in [1.807, 2.05) is 17.9 Å². The fraction of sp³-hybridized carbons (Fsp3) is 0.500. The van der Waals surface area contributed by atoms with E-state index < -0.39 is 0 Å². The molecule has 0 aromatic rings. The molecule has 0 fully saturated rings. The van der Waals surface area contributed by atoms with Crippen LogP contribution in [0.5, 0.6) is 0 Å². The van der Waals surface area contributed by atoms with Gasteiger partial charge in [-0.1, -0.05) is 35.6 Å². The van der Waals surface area contributed by atoms with Gasteiger partial charge in [-0.3, -0.25) is 0 Å². The van der Waals surface area contributed by atoms with Gasteiger partial charge in [-0.15, -0.1) is 0 Å². The molecule has 0 aliphatic carbocycles. The predicted molar refractivity (Wildman–Crippen MR) is 52.1 cm³/mol. The molecular weight excluding hydrogens is 242 g/mol. The highest BCUT2D eigenvalue weighted by atomic mass is 127. The highest BCUT2D eigenvalue weighted by molar-refractivity contribution is 14.1. The number of hydrogen-bond donors (Lipinski definition) is 0. The van der Waals surface area contributed by atoms with Crippen molar-refractivity contribution >= 4 is 22.6 Å². The van der Waals surface area contributed by atoms with Gasteiger partial charge in [0.15, 0.2) is 0 Å². The number of allylic oxidation sites excluding steroid dienone is 3. The highest BCUT2D eigenvalue weighted by Crippen LogP contribution is 2.14. The van der Waals surface area contributed by atoms with Gasteiger partial charge >= 0.3 is 0 Å². The van der Waals surface area contributed by atoms with E-state index in [2.05, 4.69) is 22.6 Å². The monoisotopic (exact) mass is 254 g/mol. The molecule has 0 amide bonds. The Morgan fingerprint density at radius 3 is 2.50 bits per heavy atom. The third-order valence-electron chi connectivity index (χ3n) is 1.37. The normalized spacial score (nSPS) is 14.0.